The standard InChI is InChI=1S/C32H33F7N4O/c1-19-12-23(33)7-8-25(19)26-16-28(43-11-10-42-9-5-6-24(42)18-43)40-17-27(26)41(4)29(44)30(2,3)20-13-21(31(34,35)36)15-22(14-20)32(37,38)39/h7-8,12-17,24H,5-6,9-11,18H2,1-4H3/t24-/m0/s1. The number of rotatable bonds is 5. The minimum absolute atomic E-state index is 0.0389. The maximum absolute atomic E-state index is 14.1. The summed E-state index contributed by atoms with van der Waals surface area (Å²) in [5.41, 5.74) is -3.23. The van der Waals surface area contributed by atoms with Gasteiger partial charge in [-0.2, -0.15) is 26.3 Å². The number of pyridine rings is 1. The number of aryl methyl sites for hydroxylation is 1. The molecule has 2 saturated heterocycles. The second-order valence-corrected chi connectivity index (χ2v) is 12.1. The number of nitrogens with zero attached hydrogens (tertiary/aromatic N) is 4. The van der Waals surface area contributed by atoms with Crippen molar-refractivity contribution < 1.29 is 35.5 Å². The highest BCUT2D eigenvalue weighted by Crippen LogP contribution is 2.41. The highest BCUT2D eigenvalue weighted by Gasteiger charge is 2.41. The summed E-state index contributed by atoms with van der Waals surface area (Å²) in [6, 6.07) is 7.63. The zero-order chi connectivity index (χ0) is 32.2. The van der Waals surface area contributed by atoms with Crippen LogP contribution in [-0.4, -0.2) is 55.1 Å². The van der Waals surface area contributed by atoms with Gasteiger partial charge in [0, 0.05) is 38.3 Å². The Labute approximate surface area is 251 Å². The van der Waals surface area contributed by atoms with Crippen LogP contribution in [0.25, 0.3) is 11.1 Å². The molecule has 0 spiro atoms. The Morgan fingerprint density at radius 1 is 0.886 bits per heavy atom. The molecule has 5 nitrogen and oxygen atoms in total. The smallest absolute Gasteiger partial charge is 0.354 e. The molecule has 0 bridgehead atoms. The fraction of sp³-hybridized carbons (Fsp3) is 0.438. The number of likely N-dealkylation sites (N-methyl/N-ethyl adjacent to an activating group) is 1. The molecule has 2 aliphatic rings. The molecule has 0 aliphatic carbocycles. The van der Waals surface area contributed by atoms with E-state index in [-0.39, 0.29) is 11.8 Å². The Balaban J connectivity index is 1.56. The van der Waals surface area contributed by atoms with Gasteiger partial charge in [0.1, 0.15) is 11.6 Å². The van der Waals surface area contributed by atoms with Crippen LogP contribution in [0.15, 0.2) is 48.7 Å². The number of carbonyl (C=O) groups excluding carboxylic acids is 1. The SMILES string of the molecule is Cc1cc(F)ccc1-c1cc(N2CCN3CCC[C@H]3C2)ncc1N(C)C(=O)C(C)(C)c1cc(C(F)(F)F)cc(C(F)(F)F)c1. The fourth-order valence-electron chi connectivity index (χ4n) is 6.19. The topological polar surface area (TPSA) is 39.7 Å². The third kappa shape index (κ3) is 6.13. The maximum atomic E-state index is 14.1. The van der Waals surface area contributed by atoms with Crippen LogP contribution in [0.5, 0.6) is 0 Å². The number of carbonyl (C=O) groups is 1. The van der Waals surface area contributed by atoms with Gasteiger partial charge in [-0.05, 0) is 93.2 Å². The molecule has 1 aromatic heterocycles. The number of benzene rings is 2. The molecule has 2 aliphatic heterocycles. The second-order valence-electron chi connectivity index (χ2n) is 12.1. The first kappa shape index (κ1) is 31.7. The van der Waals surface area contributed by atoms with E-state index in [1.54, 1.807) is 13.0 Å². The summed E-state index contributed by atoms with van der Waals surface area (Å²) < 4.78 is 95.8. The number of hydrogen-bond acceptors (Lipinski definition) is 4. The zero-order valence-electron chi connectivity index (χ0n) is 24.8. The molecule has 5 rings (SSSR count). The number of halogens is 7. The molecule has 236 valence electrons. The third-order valence-electron chi connectivity index (χ3n) is 8.77. The molecule has 3 aromatic rings. The lowest BCUT2D eigenvalue weighted by Crippen LogP contribution is -2.50. The van der Waals surface area contributed by atoms with Gasteiger partial charge in [0.15, 0.2) is 0 Å². The lowest BCUT2D eigenvalue weighted by atomic mass is 9.81. The summed E-state index contributed by atoms with van der Waals surface area (Å²) in [6.07, 6.45) is -6.42. The quantitative estimate of drug-likeness (QED) is 0.277. The van der Waals surface area contributed by atoms with Crippen LogP contribution in [0.4, 0.5) is 42.2 Å². The second kappa shape index (κ2) is 11.4. The van der Waals surface area contributed by atoms with E-state index in [2.05, 4.69) is 14.8 Å². The van der Waals surface area contributed by atoms with Crippen LogP contribution in [0.3, 0.4) is 0 Å². The predicted molar refractivity (Wildman–Crippen MR) is 154 cm³/mol. The van der Waals surface area contributed by atoms with Crippen molar-refractivity contribution >= 4 is 17.4 Å². The maximum Gasteiger partial charge on any atom is 0.416 e. The minimum Gasteiger partial charge on any atom is -0.354 e. The molecule has 1 amide bonds. The van der Waals surface area contributed by atoms with Crippen molar-refractivity contribution in [2.75, 3.05) is 43.0 Å². The van der Waals surface area contributed by atoms with Gasteiger partial charge < -0.3 is 9.80 Å². The Bertz CT molecular complexity index is 1530. The Hall–Kier alpha value is -3.67. The average molecular weight is 623 g/mol. The highest BCUT2D eigenvalue weighted by molar-refractivity contribution is 6.03. The van der Waals surface area contributed by atoms with E-state index in [1.165, 1.54) is 44.1 Å². The average Bonchev–Trinajstić information content (AvgIpc) is 3.43. The van der Waals surface area contributed by atoms with E-state index in [4.69, 9.17) is 0 Å². The lowest BCUT2D eigenvalue weighted by molar-refractivity contribution is -0.143. The molecule has 0 N–H and O–H groups in total. The van der Waals surface area contributed by atoms with Gasteiger partial charge >= 0.3 is 12.4 Å². The molecule has 2 fully saturated rings. The number of fused-ring (bicyclic) bond motifs is 1. The van der Waals surface area contributed by atoms with Crippen molar-refractivity contribution in [3.8, 4) is 11.1 Å². The summed E-state index contributed by atoms with van der Waals surface area (Å²) in [4.78, 5) is 24.4. The van der Waals surface area contributed by atoms with E-state index < -0.39 is 46.2 Å². The van der Waals surface area contributed by atoms with Gasteiger partial charge in [-0.25, -0.2) is 9.37 Å². The summed E-state index contributed by atoms with van der Waals surface area (Å²) in [6.45, 7) is 7.73. The van der Waals surface area contributed by atoms with Gasteiger partial charge in [-0.3, -0.25) is 9.69 Å². The van der Waals surface area contributed by atoms with Crippen molar-refractivity contribution in [2.45, 2.75) is 57.4 Å². The normalized spacial score (nSPS) is 18.0. The number of alkyl halides is 6. The molecule has 44 heavy (non-hydrogen) atoms. The van der Waals surface area contributed by atoms with Gasteiger partial charge in [-0.1, -0.05) is 6.07 Å². The van der Waals surface area contributed by atoms with E-state index >= 15 is 0 Å². The number of aromatic nitrogens is 1. The van der Waals surface area contributed by atoms with Gasteiger partial charge in [0.2, 0.25) is 5.91 Å². The van der Waals surface area contributed by atoms with Crippen molar-refractivity contribution in [2.24, 2.45) is 0 Å². The van der Waals surface area contributed by atoms with Crippen LogP contribution in [0.1, 0.15) is 48.9 Å². The molecule has 0 saturated carbocycles. The fourth-order valence-corrected chi connectivity index (χ4v) is 6.19. The summed E-state index contributed by atoms with van der Waals surface area (Å²) >= 11 is 0. The van der Waals surface area contributed by atoms with E-state index in [0.717, 1.165) is 39.0 Å². The van der Waals surface area contributed by atoms with Crippen LogP contribution < -0.4 is 9.80 Å². The minimum atomic E-state index is -5.06. The molecule has 0 radical (unpaired) electrons. The van der Waals surface area contributed by atoms with E-state index in [1.807, 2.05) is 6.07 Å². The number of amides is 1. The van der Waals surface area contributed by atoms with Crippen LogP contribution >= 0.6 is 0 Å². The molecule has 2 aromatic carbocycles. The predicted octanol–water partition coefficient (Wildman–Crippen LogP) is 7.46. The summed E-state index contributed by atoms with van der Waals surface area (Å²) in [5.74, 6) is -0.540. The zero-order valence-corrected chi connectivity index (χ0v) is 24.8. The Morgan fingerprint density at radius 2 is 1.52 bits per heavy atom. The highest BCUT2D eigenvalue weighted by atomic mass is 19.4. The molecule has 12 heteroatoms. The molecular weight excluding hydrogens is 589 g/mol. The molecule has 3 heterocycles. The Morgan fingerprint density at radius 3 is 2.14 bits per heavy atom. The summed E-state index contributed by atoms with van der Waals surface area (Å²) in [5, 5.41) is 0. The molecule has 1 atom stereocenters. The molecular formula is C32H33F7N4O. The third-order valence-corrected chi connectivity index (χ3v) is 8.77. The molecule has 0 unspecified atom stereocenters. The lowest BCUT2D eigenvalue weighted by Gasteiger charge is -2.38. The first-order valence-electron chi connectivity index (χ1n) is 14.3. The van der Waals surface area contributed by atoms with Gasteiger partial charge in [-0.15, -0.1) is 0 Å². The van der Waals surface area contributed by atoms with Crippen LogP contribution in [0, 0.1) is 12.7 Å². The Kier molecular flexibility index (Phi) is 8.19. The van der Waals surface area contributed by atoms with Gasteiger partial charge in [0.25, 0.3) is 0 Å². The van der Waals surface area contributed by atoms with Crippen LogP contribution in [0.2, 0.25) is 0 Å². The summed E-state index contributed by atoms with van der Waals surface area (Å²) in [7, 11) is 1.40. The number of hydrogen-bond donors (Lipinski definition) is 0. The van der Waals surface area contributed by atoms with Crippen molar-refractivity contribution in [1.82, 2.24) is 9.88 Å². The van der Waals surface area contributed by atoms with Crippen LogP contribution in [-0.2, 0) is 22.6 Å². The first-order chi connectivity index (χ1) is 20.5. The largest absolute Gasteiger partial charge is 0.416 e. The van der Waals surface area contributed by atoms with E-state index in [0.29, 0.717) is 40.7 Å². The van der Waals surface area contributed by atoms with Crippen molar-refractivity contribution in [3.63, 3.8) is 0 Å². The number of piperazine rings is 1. The number of anilines is 2. The van der Waals surface area contributed by atoms with E-state index in [9.17, 15) is 35.5 Å². The van der Waals surface area contributed by atoms with Gasteiger partial charge in [0.05, 0.1) is 28.4 Å². The monoisotopic (exact) mass is 622 g/mol. The van der Waals surface area contributed by atoms with Crippen molar-refractivity contribution in [1.29, 1.82) is 0 Å². The first-order valence-corrected chi connectivity index (χ1v) is 14.3. The van der Waals surface area contributed by atoms with Crippen molar-refractivity contribution in [3.05, 3.63) is 76.7 Å².